The summed E-state index contributed by atoms with van der Waals surface area (Å²) in [6.45, 7) is 2.98. The van der Waals surface area contributed by atoms with E-state index < -0.39 is 0 Å². The molecule has 0 saturated carbocycles. The van der Waals surface area contributed by atoms with Gasteiger partial charge in [-0.05, 0) is 36.7 Å². The molecule has 1 N–H and O–H groups in total. The zero-order valence-electron chi connectivity index (χ0n) is 11.3. The number of likely N-dealkylation sites (N-methyl/N-ethyl adjacent to an activating group) is 1. The van der Waals surface area contributed by atoms with Crippen LogP contribution < -0.4 is 10.1 Å². The Bertz CT molecular complexity index is 485. The topological polar surface area (TPSA) is 47.0 Å². The van der Waals surface area contributed by atoms with Crippen LogP contribution in [0.25, 0.3) is 0 Å². The molecule has 0 aliphatic carbocycles. The monoisotopic (exact) mass is 257 g/mol. The number of hydrogen-bond donors (Lipinski definition) is 1. The quantitative estimate of drug-likeness (QED) is 0.863. The predicted molar refractivity (Wildman–Crippen MR) is 75.1 cm³/mol. The van der Waals surface area contributed by atoms with Crippen LogP contribution in [-0.4, -0.2) is 23.6 Å². The van der Waals surface area contributed by atoms with Crippen LogP contribution in [0.3, 0.4) is 0 Å². The number of aromatic nitrogens is 2. The summed E-state index contributed by atoms with van der Waals surface area (Å²) < 4.78 is 5.17. The van der Waals surface area contributed by atoms with E-state index in [0.717, 1.165) is 24.5 Å². The van der Waals surface area contributed by atoms with Gasteiger partial charge in [-0.3, -0.25) is 0 Å². The average molecular weight is 257 g/mol. The van der Waals surface area contributed by atoms with Gasteiger partial charge in [-0.15, -0.1) is 0 Å². The van der Waals surface area contributed by atoms with Crippen molar-refractivity contribution in [2.45, 2.75) is 19.4 Å². The van der Waals surface area contributed by atoms with Gasteiger partial charge in [0.25, 0.3) is 0 Å². The molecule has 4 nitrogen and oxygen atoms in total. The van der Waals surface area contributed by atoms with Gasteiger partial charge in [-0.25, -0.2) is 9.97 Å². The second kappa shape index (κ2) is 6.85. The van der Waals surface area contributed by atoms with E-state index in [4.69, 9.17) is 4.74 Å². The lowest BCUT2D eigenvalue weighted by Gasteiger charge is -2.16. The van der Waals surface area contributed by atoms with Crippen molar-refractivity contribution in [3.8, 4) is 5.75 Å². The Labute approximate surface area is 113 Å². The molecular weight excluding hydrogens is 238 g/mol. The molecule has 1 aromatic heterocycles. The molecule has 0 spiro atoms. The Hall–Kier alpha value is -1.94. The fourth-order valence-electron chi connectivity index (χ4n) is 1.99. The summed E-state index contributed by atoms with van der Waals surface area (Å²) in [5.41, 5.74) is 1.24. The van der Waals surface area contributed by atoms with Gasteiger partial charge in [0.05, 0.1) is 13.2 Å². The molecule has 0 aliphatic rings. The van der Waals surface area contributed by atoms with Crippen molar-refractivity contribution < 1.29 is 4.74 Å². The Morgan fingerprint density at radius 2 is 1.84 bits per heavy atom. The minimum atomic E-state index is 0.139. The van der Waals surface area contributed by atoms with Crippen LogP contribution in [0, 0.1) is 0 Å². The van der Waals surface area contributed by atoms with Crippen LogP contribution in [0.1, 0.15) is 24.4 Å². The van der Waals surface area contributed by atoms with E-state index >= 15 is 0 Å². The molecule has 0 amide bonds. The lowest BCUT2D eigenvalue weighted by Crippen LogP contribution is -2.24. The Balaban J connectivity index is 2.11. The number of benzene rings is 1. The van der Waals surface area contributed by atoms with E-state index in [-0.39, 0.29) is 6.04 Å². The highest BCUT2D eigenvalue weighted by molar-refractivity contribution is 5.28. The number of ether oxygens (including phenoxy) is 1. The normalized spacial score (nSPS) is 12.1. The van der Waals surface area contributed by atoms with Gasteiger partial charge in [-0.1, -0.05) is 19.1 Å². The highest BCUT2D eigenvalue weighted by Crippen LogP contribution is 2.17. The van der Waals surface area contributed by atoms with Gasteiger partial charge in [-0.2, -0.15) is 0 Å². The molecule has 1 unspecified atom stereocenters. The second-order valence-electron chi connectivity index (χ2n) is 4.27. The van der Waals surface area contributed by atoms with E-state index in [9.17, 15) is 0 Å². The third-order valence-electron chi connectivity index (χ3n) is 2.95. The summed E-state index contributed by atoms with van der Waals surface area (Å²) in [4.78, 5) is 8.66. The molecular formula is C15H19N3O. The maximum atomic E-state index is 5.17. The van der Waals surface area contributed by atoms with E-state index in [2.05, 4.69) is 34.3 Å². The fourth-order valence-corrected chi connectivity index (χ4v) is 1.99. The summed E-state index contributed by atoms with van der Waals surface area (Å²) in [5.74, 6) is 1.71. The summed E-state index contributed by atoms with van der Waals surface area (Å²) in [5, 5.41) is 3.42. The Morgan fingerprint density at radius 1 is 1.16 bits per heavy atom. The molecule has 1 heterocycles. The van der Waals surface area contributed by atoms with Crippen LogP contribution in [-0.2, 0) is 6.42 Å². The van der Waals surface area contributed by atoms with Crippen LogP contribution in [0.15, 0.2) is 42.7 Å². The minimum absolute atomic E-state index is 0.139. The fraction of sp³-hybridized carbons (Fsp3) is 0.333. The lowest BCUT2D eigenvalue weighted by molar-refractivity contribution is 0.414. The van der Waals surface area contributed by atoms with Gasteiger partial charge < -0.3 is 10.1 Å². The van der Waals surface area contributed by atoms with Crippen molar-refractivity contribution in [3.05, 3.63) is 54.1 Å². The first kappa shape index (κ1) is 13.5. The van der Waals surface area contributed by atoms with Crippen molar-refractivity contribution in [1.82, 2.24) is 15.3 Å². The minimum Gasteiger partial charge on any atom is -0.497 e. The predicted octanol–water partition coefficient (Wildman–Crippen LogP) is 2.38. The largest absolute Gasteiger partial charge is 0.497 e. The smallest absolute Gasteiger partial charge is 0.145 e. The number of methoxy groups -OCH3 is 1. The number of nitrogens with one attached hydrogen (secondary N) is 1. The molecule has 0 saturated heterocycles. The van der Waals surface area contributed by atoms with Crippen molar-refractivity contribution in [2.24, 2.45) is 0 Å². The standard InChI is InChI=1S/C15H19N3O/c1-3-16-14(15-17-9-4-10-18-15)11-12-5-7-13(19-2)8-6-12/h4-10,14,16H,3,11H2,1-2H3. The second-order valence-corrected chi connectivity index (χ2v) is 4.27. The first-order chi connectivity index (χ1) is 9.33. The van der Waals surface area contributed by atoms with Crippen LogP contribution >= 0.6 is 0 Å². The van der Waals surface area contributed by atoms with Gasteiger partial charge in [0, 0.05) is 12.4 Å². The van der Waals surface area contributed by atoms with Crippen molar-refractivity contribution in [2.75, 3.05) is 13.7 Å². The SMILES string of the molecule is CCNC(Cc1ccc(OC)cc1)c1ncccn1. The van der Waals surface area contributed by atoms with Crippen LogP contribution in [0.2, 0.25) is 0 Å². The number of rotatable bonds is 6. The Kier molecular flexibility index (Phi) is 4.86. The highest BCUT2D eigenvalue weighted by Gasteiger charge is 2.13. The number of nitrogens with zero attached hydrogens (tertiary/aromatic N) is 2. The van der Waals surface area contributed by atoms with E-state index in [1.54, 1.807) is 19.5 Å². The van der Waals surface area contributed by atoms with Crippen molar-refractivity contribution in [3.63, 3.8) is 0 Å². The Morgan fingerprint density at radius 3 is 2.42 bits per heavy atom. The highest BCUT2D eigenvalue weighted by atomic mass is 16.5. The maximum absolute atomic E-state index is 5.17. The molecule has 0 fully saturated rings. The van der Waals surface area contributed by atoms with Gasteiger partial charge >= 0.3 is 0 Å². The number of hydrogen-bond acceptors (Lipinski definition) is 4. The molecule has 100 valence electrons. The molecule has 4 heteroatoms. The molecule has 1 aromatic carbocycles. The van der Waals surface area contributed by atoms with Crippen molar-refractivity contribution >= 4 is 0 Å². The summed E-state index contributed by atoms with van der Waals surface area (Å²) in [6, 6.07) is 10.1. The van der Waals surface area contributed by atoms with Gasteiger partial charge in [0.1, 0.15) is 11.6 Å². The molecule has 0 bridgehead atoms. The van der Waals surface area contributed by atoms with E-state index in [0.29, 0.717) is 0 Å². The molecule has 1 atom stereocenters. The maximum Gasteiger partial charge on any atom is 0.145 e. The first-order valence-corrected chi connectivity index (χ1v) is 6.46. The van der Waals surface area contributed by atoms with Gasteiger partial charge in [0.2, 0.25) is 0 Å². The molecule has 2 aromatic rings. The zero-order chi connectivity index (χ0) is 13.5. The summed E-state index contributed by atoms with van der Waals surface area (Å²) in [6.07, 6.45) is 4.42. The summed E-state index contributed by atoms with van der Waals surface area (Å²) >= 11 is 0. The molecule has 0 radical (unpaired) electrons. The van der Waals surface area contributed by atoms with Crippen LogP contribution in [0.5, 0.6) is 5.75 Å². The molecule has 0 aliphatic heterocycles. The van der Waals surface area contributed by atoms with E-state index in [1.807, 2.05) is 18.2 Å². The average Bonchev–Trinajstić information content (AvgIpc) is 2.48. The summed E-state index contributed by atoms with van der Waals surface area (Å²) in [7, 11) is 1.67. The van der Waals surface area contributed by atoms with Gasteiger partial charge in [0.15, 0.2) is 0 Å². The van der Waals surface area contributed by atoms with Crippen molar-refractivity contribution in [1.29, 1.82) is 0 Å². The van der Waals surface area contributed by atoms with E-state index in [1.165, 1.54) is 5.56 Å². The lowest BCUT2D eigenvalue weighted by atomic mass is 10.1. The third-order valence-corrected chi connectivity index (χ3v) is 2.95. The third kappa shape index (κ3) is 3.76. The zero-order valence-corrected chi connectivity index (χ0v) is 11.3. The molecule has 19 heavy (non-hydrogen) atoms. The van der Waals surface area contributed by atoms with Crippen LogP contribution in [0.4, 0.5) is 0 Å². The first-order valence-electron chi connectivity index (χ1n) is 6.46. The molecule has 2 rings (SSSR count).